The van der Waals surface area contributed by atoms with Gasteiger partial charge in [-0.2, -0.15) is 0 Å². The first-order valence-electron chi connectivity index (χ1n) is 10.4. The van der Waals surface area contributed by atoms with Gasteiger partial charge in [-0.1, -0.05) is 0 Å². The maximum absolute atomic E-state index is 11.8. The summed E-state index contributed by atoms with van der Waals surface area (Å²) in [6.45, 7) is 1.35. The topological polar surface area (TPSA) is 283 Å². The minimum Gasteiger partial charge on any atom is -0.479 e. The fraction of sp³-hybridized carbons (Fsp3) is 0.889. The summed E-state index contributed by atoms with van der Waals surface area (Å²) in [6.07, 6.45) is -28.8. The first-order chi connectivity index (χ1) is 16.3. The van der Waals surface area contributed by atoms with Crippen molar-refractivity contribution in [3.63, 3.8) is 0 Å². The number of hydrogen-bond donors (Lipinski definition) is 10. The van der Waals surface area contributed by atoms with Crippen molar-refractivity contribution in [3.8, 4) is 0 Å². The molecule has 0 aliphatic carbocycles. The number of aliphatic hydroxyl groups excluding tert-OH is 8. The van der Waals surface area contributed by atoms with Gasteiger partial charge in [0.1, 0.15) is 54.9 Å². The molecule has 3 rings (SSSR count). The molecule has 0 aromatic heterocycles. The van der Waals surface area contributed by atoms with Gasteiger partial charge in [-0.15, -0.1) is 0 Å². The molecule has 35 heavy (non-hydrogen) atoms. The van der Waals surface area contributed by atoms with Crippen LogP contribution in [0.4, 0.5) is 0 Å². The molecule has 10 N–H and O–H groups in total. The highest BCUT2D eigenvalue weighted by Gasteiger charge is 2.55. The van der Waals surface area contributed by atoms with Crippen LogP contribution in [0.25, 0.3) is 0 Å². The van der Waals surface area contributed by atoms with Crippen LogP contribution in [0.5, 0.6) is 0 Å². The van der Waals surface area contributed by atoms with Crippen molar-refractivity contribution >= 4 is 11.9 Å². The second kappa shape index (κ2) is 10.8. The van der Waals surface area contributed by atoms with Crippen LogP contribution in [0.3, 0.4) is 0 Å². The Balaban J connectivity index is 1.77. The van der Waals surface area contributed by atoms with Crippen molar-refractivity contribution in [2.45, 2.75) is 99.0 Å². The van der Waals surface area contributed by atoms with E-state index >= 15 is 0 Å². The van der Waals surface area contributed by atoms with E-state index in [1.54, 1.807) is 0 Å². The monoisotopic (exact) mass is 516 g/mol. The number of carboxylic acid groups (broad SMARTS) is 2. The van der Waals surface area contributed by atoms with Crippen LogP contribution in [-0.2, 0) is 33.3 Å². The van der Waals surface area contributed by atoms with Crippen molar-refractivity contribution in [2.75, 3.05) is 0 Å². The summed E-state index contributed by atoms with van der Waals surface area (Å²) < 4.78 is 25.4. The molecule has 17 heteroatoms. The Morgan fingerprint density at radius 2 is 1.03 bits per heavy atom. The van der Waals surface area contributed by atoms with Gasteiger partial charge in [0.05, 0.1) is 6.10 Å². The van der Waals surface area contributed by atoms with Crippen molar-refractivity contribution in [2.24, 2.45) is 0 Å². The molecule has 3 aliphatic rings. The Kier molecular flexibility index (Phi) is 8.65. The lowest BCUT2D eigenvalue weighted by Gasteiger charge is -2.46. The molecule has 0 amide bonds. The van der Waals surface area contributed by atoms with Gasteiger partial charge >= 0.3 is 11.9 Å². The first-order valence-corrected chi connectivity index (χ1v) is 10.4. The molecule has 202 valence electrons. The van der Waals surface area contributed by atoms with E-state index in [4.69, 9.17) is 28.8 Å². The lowest BCUT2D eigenvalue weighted by atomic mass is 9.96. The Hall–Kier alpha value is -1.58. The highest BCUT2D eigenvalue weighted by Crippen LogP contribution is 2.32. The van der Waals surface area contributed by atoms with E-state index in [1.165, 1.54) is 6.92 Å². The molecule has 3 heterocycles. The highest BCUT2D eigenvalue weighted by molar-refractivity contribution is 5.74. The molecule has 3 aliphatic heterocycles. The SMILES string of the molecule is C[C@@H]1O[C@H](O)[C@H](O[C@@H]2O[C@H](C(=O)O)[C@H](O[C@@H]3O[C@H](C(=O)O)[C@H](O)[C@H](O)[C@H]3O)[C@H](O)[C@H]2O)[C@H](O)[C@H]1O. The highest BCUT2D eigenvalue weighted by atomic mass is 16.8. The van der Waals surface area contributed by atoms with Crippen LogP contribution in [0.15, 0.2) is 0 Å². The zero-order valence-electron chi connectivity index (χ0n) is 18.0. The number of aliphatic carboxylic acids is 2. The molecule has 0 unspecified atom stereocenters. The molecule has 3 fully saturated rings. The van der Waals surface area contributed by atoms with E-state index in [2.05, 4.69) is 0 Å². The van der Waals surface area contributed by atoms with E-state index in [0.717, 1.165) is 0 Å². The summed E-state index contributed by atoms with van der Waals surface area (Å²) in [7, 11) is 0. The molecule has 0 spiro atoms. The van der Waals surface area contributed by atoms with Gasteiger partial charge in [0.2, 0.25) is 0 Å². The van der Waals surface area contributed by atoms with Crippen molar-refractivity contribution in [1.29, 1.82) is 0 Å². The largest absolute Gasteiger partial charge is 0.479 e. The maximum Gasteiger partial charge on any atom is 0.335 e. The van der Waals surface area contributed by atoms with E-state index in [1.807, 2.05) is 0 Å². The molecule has 0 radical (unpaired) electrons. The summed E-state index contributed by atoms with van der Waals surface area (Å²) in [6, 6.07) is 0. The van der Waals surface area contributed by atoms with Gasteiger partial charge < -0.3 is 74.7 Å². The second-order valence-corrected chi connectivity index (χ2v) is 8.39. The van der Waals surface area contributed by atoms with Gasteiger partial charge in [0.15, 0.2) is 31.1 Å². The predicted octanol–water partition coefficient (Wildman–Crippen LogP) is -6.36. The lowest BCUT2D eigenvalue weighted by Crippen LogP contribution is -2.67. The van der Waals surface area contributed by atoms with Crippen LogP contribution in [0.2, 0.25) is 0 Å². The number of ether oxygens (including phenoxy) is 5. The van der Waals surface area contributed by atoms with Gasteiger partial charge in [-0.25, -0.2) is 9.59 Å². The fourth-order valence-electron chi connectivity index (χ4n) is 3.94. The Morgan fingerprint density at radius 1 is 0.571 bits per heavy atom. The standard InChI is InChI=1S/C18H28O17/c1-2-3(19)5(21)12(16(30)31-2)34-18-9(25)7(23)10(13(35-18)15(28)29)32-17-8(24)4(20)6(22)11(33-17)14(26)27/h2-13,16-25,30H,1H3,(H,26,27)(H,28,29)/t2-,3-,4-,5+,6+,7+,8+,9+,10+,11-,12+,13-,16-,17+,18+/m0/s1. The lowest BCUT2D eigenvalue weighted by molar-refractivity contribution is -0.373. The second-order valence-electron chi connectivity index (χ2n) is 8.39. The molecule has 0 saturated carbocycles. The molecule has 17 nitrogen and oxygen atoms in total. The summed E-state index contributed by atoms with van der Waals surface area (Å²) in [5.74, 6) is -3.53. The molecule has 15 atom stereocenters. The molecular formula is C18H28O17. The molecule has 0 aromatic carbocycles. The Bertz CT molecular complexity index is 765. The normalized spacial score (nSPS) is 51.1. The quantitative estimate of drug-likeness (QED) is 0.157. The van der Waals surface area contributed by atoms with Crippen molar-refractivity contribution in [1.82, 2.24) is 0 Å². The van der Waals surface area contributed by atoms with Gasteiger partial charge in [-0.3, -0.25) is 0 Å². The summed E-state index contributed by atoms with van der Waals surface area (Å²) in [5.41, 5.74) is 0. The molecule has 0 bridgehead atoms. The molecule has 3 saturated heterocycles. The first kappa shape index (κ1) is 28.0. The van der Waals surface area contributed by atoms with Gasteiger partial charge in [-0.05, 0) is 6.92 Å². The van der Waals surface area contributed by atoms with E-state index in [-0.39, 0.29) is 0 Å². The van der Waals surface area contributed by atoms with Crippen LogP contribution >= 0.6 is 0 Å². The number of hydrogen-bond acceptors (Lipinski definition) is 15. The predicted molar refractivity (Wildman–Crippen MR) is 101 cm³/mol. The number of aliphatic hydroxyl groups is 8. The molecule has 0 aromatic rings. The van der Waals surface area contributed by atoms with Crippen molar-refractivity contribution < 1.29 is 84.3 Å². The minimum absolute atomic E-state index is 1.00. The average Bonchev–Trinajstić information content (AvgIpc) is 2.79. The Morgan fingerprint density at radius 3 is 1.57 bits per heavy atom. The summed E-state index contributed by atoms with van der Waals surface area (Å²) in [4.78, 5) is 23.0. The Labute approximate surface area is 196 Å². The van der Waals surface area contributed by atoms with E-state index < -0.39 is 104 Å². The average molecular weight is 516 g/mol. The summed E-state index contributed by atoms with van der Waals surface area (Å²) >= 11 is 0. The number of carboxylic acids is 2. The smallest absolute Gasteiger partial charge is 0.335 e. The summed E-state index contributed by atoms with van der Waals surface area (Å²) in [5, 5.41) is 99.4. The van der Waals surface area contributed by atoms with Crippen LogP contribution in [0.1, 0.15) is 6.92 Å². The van der Waals surface area contributed by atoms with Crippen LogP contribution < -0.4 is 0 Å². The zero-order valence-corrected chi connectivity index (χ0v) is 18.0. The third-order valence-electron chi connectivity index (χ3n) is 5.99. The van der Waals surface area contributed by atoms with Crippen LogP contribution in [0, 0.1) is 0 Å². The van der Waals surface area contributed by atoms with Gasteiger partial charge in [0.25, 0.3) is 0 Å². The van der Waals surface area contributed by atoms with E-state index in [9.17, 15) is 55.5 Å². The van der Waals surface area contributed by atoms with E-state index in [0.29, 0.717) is 0 Å². The fourth-order valence-corrected chi connectivity index (χ4v) is 3.94. The minimum atomic E-state index is -2.17. The third kappa shape index (κ3) is 5.42. The number of carbonyl (C=O) groups is 2. The van der Waals surface area contributed by atoms with Crippen LogP contribution in [-0.4, -0.2) is 155 Å². The van der Waals surface area contributed by atoms with Crippen molar-refractivity contribution in [3.05, 3.63) is 0 Å². The zero-order chi connectivity index (χ0) is 26.4. The maximum atomic E-state index is 11.8. The van der Waals surface area contributed by atoms with Gasteiger partial charge in [0, 0.05) is 0 Å². The molecular weight excluding hydrogens is 488 g/mol. The number of rotatable bonds is 6. The third-order valence-corrected chi connectivity index (χ3v) is 5.99.